The Labute approximate surface area is 214 Å². The zero-order valence-electron chi connectivity index (χ0n) is 22.3. The van der Waals surface area contributed by atoms with Gasteiger partial charge >= 0.3 is 19.3 Å². The highest BCUT2D eigenvalue weighted by molar-refractivity contribution is 7.99. The number of carboxylic acids is 1. The summed E-state index contributed by atoms with van der Waals surface area (Å²) in [6.45, 7) is 7.81. The van der Waals surface area contributed by atoms with Crippen LogP contribution >= 0.6 is 19.8 Å². The molecule has 0 aliphatic carbocycles. The van der Waals surface area contributed by atoms with Gasteiger partial charge in [-0.2, -0.15) is 11.8 Å². The highest BCUT2D eigenvalue weighted by Gasteiger charge is 2.58. The van der Waals surface area contributed by atoms with Crippen LogP contribution in [0.5, 0.6) is 0 Å². The highest BCUT2D eigenvalue weighted by Crippen LogP contribution is 2.39. The number of unbranched alkanes of at least 4 members (excludes halogenated alkanes) is 11. The third-order valence-corrected chi connectivity index (χ3v) is 8.96. The van der Waals surface area contributed by atoms with Crippen molar-refractivity contribution in [3.05, 3.63) is 0 Å². The van der Waals surface area contributed by atoms with Gasteiger partial charge in [0.2, 0.25) is 0 Å². The Hall–Kier alpha value is -0.200. The molecule has 0 saturated carbocycles. The lowest BCUT2D eigenvalue weighted by molar-refractivity contribution is -0.156. The van der Waals surface area contributed by atoms with Crippen molar-refractivity contribution in [2.24, 2.45) is 0 Å². The summed E-state index contributed by atoms with van der Waals surface area (Å²) in [5, 5.41) is 17.7. The van der Waals surface area contributed by atoms with Crippen molar-refractivity contribution in [1.29, 1.82) is 0 Å². The molecule has 0 aliphatic rings. The topological polar surface area (TPSA) is 93.1 Å². The van der Waals surface area contributed by atoms with Crippen molar-refractivity contribution < 1.29 is 28.8 Å². The van der Waals surface area contributed by atoms with Crippen LogP contribution in [-0.4, -0.2) is 51.8 Å². The maximum atomic E-state index is 12.3. The quantitative estimate of drug-likeness (QED) is 0.0926. The molecule has 4 unspecified atom stereocenters. The summed E-state index contributed by atoms with van der Waals surface area (Å²) in [5.41, 5.74) is 0. The highest BCUT2D eigenvalue weighted by atomic mass is 32.2. The van der Waals surface area contributed by atoms with Crippen LogP contribution < -0.4 is 0 Å². The number of ether oxygens (including phenoxy) is 1. The molecule has 4 atom stereocenters. The molecule has 34 heavy (non-hydrogen) atoms. The Bertz CT molecular complexity index is 522. The molecule has 0 amide bonds. The molecular weight excluding hydrogens is 471 g/mol. The molecule has 202 valence electrons. The van der Waals surface area contributed by atoms with E-state index in [1.807, 2.05) is 25.6 Å². The molecule has 0 fully saturated rings. The van der Waals surface area contributed by atoms with Gasteiger partial charge in [-0.25, -0.2) is 4.79 Å². The van der Waals surface area contributed by atoms with Crippen LogP contribution in [0.25, 0.3) is 0 Å². The minimum Gasteiger partial charge on any atom is -0.476 e. The maximum Gasteiger partial charge on any atom is 0.558 e. The molecule has 0 aromatic heterocycles. The van der Waals surface area contributed by atoms with E-state index in [-0.39, 0.29) is 18.0 Å². The third-order valence-electron chi connectivity index (χ3n) is 6.05. The van der Waals surface area contributed by atoms with E-state index < -0.39 is 25.9 Å². The number of hydrogen-bond acceptors (Lipinski definition) is 6. The van der Waals surface area contributed by atoms with Crippen molar-refractivity contribution in [2.45, 2.75) is 141 Å². The summed E-state index contributed by atoms with van der Waals surface area (Å²) in [6, 6.07) is 0. The van der Waals surface area contributed by atoms with Gasteiger partial charge in [0.25, 0.3) is 0 Å². The molecule has 0 radical (unpaired) electrons. The molecule has 0 heterocycles. The van der Waals surface area contributed by atoms with Gasteiger partial charge < -0.3 is 14.9 Å². The molecule has 8 heteroatoms. The summed E-state index contributed by atoms with van der Waals surface area (Å²) in [6.07, 6.45) is 17.6. The van der Waals surface area contributed by atoms with E-state index in [4.69, 9.17) is 9.26 Å². The fraction of sp³-hybridized carbons (Fsp3) is 0.962. The van der Waals surface area contributed by atoms with Crippen LogP contribution in [0.2, 0.25) is 0 Å². The van der Waals surface area contributed by atoms with Gasteiger partial charge in [-0.15, -0.1) is 4.52 Å². The normalized spacial score (nSPS) is 15.6. The van der Waals surface area contributed by atoms with E-state index in [0.717, 1.165) is 18.6 Å². The first-order chi connectivity index (χ1) is 16.3. The average molecular weight is 524 g/mol. The van der Waals surface area contributed by atoms with Gasteiger partial charge in [-0.3, -0.25) is 0 Å². The van der Waals surface area contributed by atoms with Crippen LogP contribution in [0.1, 0.15) is 124 Å². The van der Waals surface area contributed by atoms with E-state index in [2.05, 4.69) is 13.8 Å². The molecule has 0 rings (SSSR count). The number of carbonyl (C=O) groups is 1. The maximum absolute atomic E-state index is 12.3. The lowest BCUT2D eigenvalue weighted by atomic mass is 10.1. The number of hydrogen-bond donors (Lipinski definition) is 2. The van der Waals surface area contributed by atoms with E-state index in [1.54, 1.807) is 0 Å². The second-order valence-corrected chi connectivity index (χ2v) is 12.2. The van der Waals surface area contributed by atoms with Gasteiger partial charge in [0, 0.05) is 5.25 Å². The Kier molecular flexibility index (Phi) is 21.9. The Morgan fingerprint density at radius 1 is 0.882 bits per heavy atom. The monoisotopic (exact) mass is 523 g/mol. The van der Waals surface area contributed by atoms with Gasteiger partial charge in [-0.1, -0.05) is 97.8 Å². The van der Waals surface area contributed by atoms with Crippen molar-refractivity contribution >= 4 is 25.8 Å². The van der Waals surface area contributed by atoms with Crippen LogP contribution in [0, 0.1) is 0 Å². The van der Waals surface area contributed by atoms with Gasteiger partial charge in [-0.05, 0) is 36.5 Å². The number of aliphatic carboxylic acids is 1. The molecule has 0 aromatic carbocycles. The van der Waals surface area contributed by atoms with Gasteiger partial charge in [0.05, 0.1) is 6.10 Å². The number of thioether (sulfide) groups is 1. The van der Waals surface area contributed by atoms with E-state index in [1.165, 1.54) is 77.0 Å². The molecule has 0 spiro atoms. The van der Waals surface area contributed by atoms with Crippen LogP contribution in [0.3, 0.4) is 0 Å². The minimum absolute atomic E-state index is 0.134. The molecule has 0 saturated heterocycles. The predicted molar refractivity (Wildman–Crippen MR) is 144 cm³/mol. The van der Waals surface area contributed by atoms with Crippen LogP contribution in [-0.2, 0) is 18.6 Å². The summed E-state index contributed by atoms with van der Waals surface area (Å²) in [5.74, 6) is -0.515. The zero-order valence-corrected chi connectivity index (χ0v) is 24.0. The summed E-state index contributed by atoms with van der Waals surface area (Å²) < 4.78 is 23.2. The fourth-order valence-electron chi connectivity index (χ4n) is 3.70. The van der Waals surface area contributed by atoms with E-state index >= 15 is 0 Å². The van der Waals surface area contributed by atoms with E-state index in [0.29, 0.717) is 6.42 Å². The second-order valence-electron chi connectivity index (χ2n) is 9.32. The predicted octanol–water partition coefficient (Wildman–Crippen LogP) is 7.94. The van der Waals surface area contributed by atoms with Crippen molar-refractivity contribution in [2.75, 3.05) is 19.0 Å². The van der Waals surface area contributed by atoms with Crippen molar-refractivity contribution in [3.8, 4) is 0 Å². The number of rotatable bonds is 25. The smallest absolute Gasteiger partial charge is 0.476 e. The Morgan fingerprint density at radius 3 is 1.94 bits per heavy atom. The SMILES string of the molecule is CCCCCCCCCCSC(CCCCCCC)C(C)OCC(O)(C(=O)O)[P+](=O)OCCC. The average Bonchev–Trinajstić information content (AvgIpc) is 2.82. The largest absolute Gasteiger partial charge is 0.558 e. The molecule has 2 N–H and O–H groups in total. The zero-order chi connectivity index (χ0) is 25.7. The summed E-state index contributed by atoms with van der Waals surface area (Å²) >= 11 is 1.89. The van der Waals surface area contributed by atoms with Crippen LogP contribution in [0.15, 0.2) is 0 Å². The molecular formula is C26H52O6PS+. The second kappa shape index (κ2) is 22.0. The van der Waals surface area contributed by atoms with Gasteiger partial charge in [0.1, 0.15) is 13.2 Å². The summed E-state index contributed by atoms with van der Waals surface area (Å²) in [7, 11) is -2.79. The Balaban J connectivity index is 4.67. The minimum atomic E-state index is -2.79. The first-order valence-electron chi connectivity index (χ1n) is 13.6. The van der Waals surface area contributed by atoms with Crippen LogP contribution in [0.4, 0.5) is 0 Å². The van der Waals surface area contributed by atoms with Gasteiger partial charge in [0.15, 0.2) is 0 Å². The van der Waals surface area contributed by atoms with Crippen molar-refractivity contribution in [3.63, 3.8) is 0 Å². The first kappa shape index (κ1) is 33.8. The standard InChI is InChI=1S/C26H51O6PS/c1-5-8-10-12-13-14-16-18-21-34-24(19-17-15-11-9-6-2)23(4)31-22-26(29,25(27)28)33(30)32-20-7-3/h23-24,29H,5-22H2,1-4H3/p+1. The molecule has 0 aliphatic heterocycles. The summed E-state index contributed by atoms with van der Waals surface area (Å²) in [4.78, 5) is 11.6. The fourth-order valence-corrected chi connectivity index (χ4v) is 5.96. The first-order valence-corrected chi connectivity index (χ1v) is 15.8. The van der Waals surface area contributed by atoms with E-state index in [9.17, 15) is 19.6 Å². The molecule has 6 nitrogen and oxygen atoms in total. The number of carboxylic acid groups (broad SMARTS) is 1. The molecule has 0 bridgehead atoms. The lowest BCUT2D eigenvalue weighted by Gasteiger charge is -2.25. The number of aliphatic hydroxyl groups is 1. The molecule has 0 aromatic rings. The van der Waals surface area contributed by atoms with Crippen molar-refractivity contribution in [1.82, 2.24) is 0 Å². The lowest BCUT2D eigenvalue weighted by Crippen LogP contribution is -2.42. The Morgan fingerprint density at radius 2 is 1.41 bits per heavy atom. The third kappa shape index (κ3) is 15.7.